The number of nitrogens with two attached hydrogens (primary N) is 1. The molecule has 2 aromatic heterocycles. The van der Waals surface area contributed by atoms with Crippen LogP contribution in [-0.4, -0.2) is 84.9 Å². The molecule has 0 radical (unpaired) electrons. The first-order valence-corrected chi connectivity index (χ1v) is 17.0. The van der Waals surface area contributed by atoms with Gasteiger partial charge in [-0.1, -0.05) is 22.9 Å². The number of anilines is 1. The molecule has 0 spiro atoms. The molecule has 3 heterocycles. The zero-order valence-electron chi connectivity index (χ0n) is 27.3. The maximum atomic E-state index is 15.9. The minimum atomic E-state index is -1.35. The van der Waals surface area contributed by atoms with Crippen molar-refractivity contribution in [2.45, 2.75) is 57.3 Å². The van der Waals surface area contributed by atoms with Gasteiger partial charge in [0.2, 0.25) is 5.43 Å². The molecular weight excluding hydrogens is 687 g/mol. The zero-order chi connectivity index (χ0) is 35.4. The Morgan fingerprint density at radius 2 is 2.00 bits per heavy atom. The number of carbonyl (C=O) groups is 2. The second kappa shape index (κ2) is 13.2. The summed E-state index contributed by atoms with van der Waals surface area (Å²) in [4.78, 5) is 46.4. The number of thiocarbonyl (C=S) groups is 1. The molecule has 2 atom stereocenters. The predicted molar refractivity (Wildman–Crippen MR) is 189 cm³/mol. The second-order valence-electron chi connectivity index (χ2n) is 12.9. The lowest BCUT2D eigenvalue weighted by Crippen LogP contribution is -2.51. The van der Waals surface area contributed by atoms with Gasteiger partial charge in [-0.15, -0.1) is 5.10 Å². The predicted octanol–water partition coefficient (Wildman–Crippen LogP) is 3.93. The van der Waals surface area contributed by atoms with Crippen molar-refractivity contribution in [3.63, 3.8) is 0 Å². The number of aliphatic imine (C=N–C) groups is 1. The quantitative estimate of drug-likeness (QED) is 0.241. The van der Waals surface area contributed by atoms with E-state index >= 15 is 4.39 Å². The largest absolute Gasteiger partial charge is 0.492 e. The van der Waals surface area contributed by atoms with Crippen molar-refractivity contribution >= 4 is 63.0 Å². The second-order valence-corrected chi connectivity index (χ2v) is 13.8. The van der Waals surface area contributed by atoms with E-state index in [1.165, 1.54) is 13.3 Å². The first-order chi connectivity index (χ1) is 23.9. The van der Waals surface area contributed by atoms with Crippen molar-refractivity contribution in [3.05, 3.63) is 80.1 Å². The summed E-state index contributed by atoms with van der Waals surface area (Å²) in [6.45, 7) is 4.53. The fourth-order valence-corrected chi connectivity index (χ4v) is 7.40. The van der Waals surface area contributed by atoms with E-state index in [1.807, 2.05) is 24.1 Å². The van der Waals surface area contributed by atoms with Gasteiger partial charge in [0.05, 0.1) is 29.6 Å². The van der Waals surface area contributed by atoms with Gasteiger partial charge in [-0.2, -0.15) is 0 Å². The molecule has 1 saturated carbocycles. The van der Waals surface area contributed by atoms with Gasteiger partial charge >= 0.3 is 5.97 Å². The van der Waals surface area contributed by atoms with Crippen molar-refractivity contribution < 1.29 is 23.8 Å². The summed E-state index contributed by atoms with van der Waals surface area (Å²) in [6.07, 6.45) is 5.34. The number of nitrogens with zero attached hydrogens (tertiary/aromatic N) is 7. The lowest BCUT2D eigenvalue weighted by Gasteiger charge is -2.41. The SMILES string of the molecule is COc1c(N2CCN(Cc3cn(CCC4C(=O)/C(=N\C(N)=S)c5cc(Cl)ccc54)nn3)C(C)C2)c(F)cc2c(=O)c(C(=O)O)cn(C3CC3)c12. The fourth-order valence-electron chi connectivity index (χ4n) is 7.14. The highest BCUT2D eigenvalue weighted by Crippen LogP contribution is 2.44. The minimum Gasteiger partial charge on any atom is -0.492 e. The van der Waals surface area contributed by atoms with Crippen LogP contribution in [0.15, 0.2) is 46.4 Å². The highest BCUT2D eigenvalue weighted by Gasteiger charge is 2.37. The molecule has 2 aromatic carbocycles. The average Bonchev–Trinajstić information content (AvgIpc) is 3.77. The first kappa shape index (κ1) is 33.8. The summed E-state index contributed by atoms with van der Waals surface area (Å²) in [5.74, 6) is -2.38. The molecule has 7 rings (SSSR count). The number of fused-ring (bicyclic) bond motifs is 2. The number of hydrogen-bond donors (Lipinski definition) is 2. The molecule has 16 heteroatoms. The Hall–Kier alpha value is -4.73. The number of piperazine rings is 1. The first-order valence-electron chi connectivity index (χ1n) is 16.2. The number of methoxy groups -OCH3 is 1. The molecule has 1 aliphatic heterocycles. The number of rotatable bonds is 9. The number of hydrogen-bond acceptors (Lipinski definition) is 9. The number of ketones is 1. The molecular formula is C34H34ClFN8O5S. The van der Waals surface area contributed by atoms with E-state index in [0.717, 1.165) is 30.2 Å². The van der Waals surface area contributed by atoms with E-state index in [2.05, 4.69) is 20.2 Å². The third kappa shape index (κ3) is 6.13. The van der Waals surface area contributed by atoms with Crippen LogP contribution in [0.25, 0.3) is 10.9 Å². The summed E-state index contributed by atoms with van der Waals surface area (Å²) in [5, 5.41) is 18.7. The Morgan fingerprint density at radius 3 is 2.68 bits per heavy atom. The van der Waals surface area contributed by atoms with Gasteiger partial charge in [0, 0.05) is 67.8 Å². The Balaban J connectivity index is 1.05. The highest BCUT2D eigenvalue weighted by molar-refractivity contribution is 7.80. The number of carbonyl (C=O) groups excluding carboxylic acids is 1. The number of pyridine rings is 1. The van der Waals surface area contributed by atoms with Gasteiger partial charge in [0.1, 0.15) is 17.0 Å². The number of carboxylic acids is 1. The Bertz CT molecular complexity index is 2170. The number of Topliss-reactive ketones (excluding diaryl/α,β-unsaturated/α-hetero) is 1. The van der Waals surface area contributed by atoms with Crippen molar-refractivity contribution in [1.82, 2.24) is 24.5 Å². The summed E-state index contributed by atoms with van der Waals surface area (Å²) in [7, 11) is 1.44. The van der Waals surface area contributed by atoms with Gasteiger partial charge in [-0.3, -0.25) is 19.2 Å². The molecule has 2 unspecified atom stereocenters. The number of aryl methyl sites for hydroxylation is 1. The summed E-state index contributed by atoms with van der Waals surface area (Å²) < 4.78 is 25.1. The highest BCUT2D eigenvalue weighted by atomic mass is 35.5. The van der Waals surface area contributed by atoms with Crippen LogP contribution in [0.3, 0.4) is 0 Å². The monoisotopic (exact) mass is 720 g/mol. The van der Waals surface area contributed by atoms with Gasteiger partial charge in [0.15, 0.2) is 22.5 Å². The van der Waals surface area contributed by atoms with E-state index < -0.39 is 28.7 Å². The van der Waals surface area contributed by atoms with Crippen molar-refractivity contribution in [2.75, 3.05) is 31.6 Å². The third-order valence-corrected chi connectivity index (χ3v) is 10.00. The lowest BCUT2D eigenvalue weighted by molar-refractivity contribution is -0.114. The number of aromatic carboxylic acids is 1. The number of halogens is 2. The van der Waals surface area contributed by atoms with E-state index in [-0.39, 0.29) is 45.5 Å². The Labute approximate surface area is 296 Å². The standard InChI is InChI=1S/C34H34ClFN8O5S/c1-17-13-42(29-26(36)12-24-28(32(29)49-2)44(20-4-5-20)16-25(30(24)45)33(47)48)10-9-41(17)14-19-15-43(40-39-19)8-7-22-21-6-3-18(35)11-23(21)27(31(22)46)38-34(37)50/h3,6,11-12,15-17,20,22H,4-5,7-10,13-14H2,1-2H3,(H2,37,50)(H,47,48)/b38-27-. The van der Waals surface area contributed by atoms with Crippen LogP contribution in [0.4, 0.5) is 10.1 Å². The average molecular weight is 721 g/mol. The summed E-state index contributed by atoms with van der Waals surface area (Å²) >= 11 is 11.1. The van der Waals surface area contributed by atoms with Crippen molar-refractivity contribution in [2.24, 2.45) is 10.7 Å². The molecule has 2 fully saturated rings. The summed E-state index contributed by atoms with van der Waals surface area (Å²) in [5.41, 5.74) is 7.58. The molecule has 4 aromatic rings. The maximum Gasteiger partial charge on any atom is 0.341 e. The number of benzene rings is 2. The Kier molecular flexibility index (Phi) is 8.90. The molecule has 1 saturated heterocycles. The normalized spacial score (nSPS) is 20.1. The minimum absolute atomic E-state index is 0.0104. The van der Waals surface area contributed by atoms with Crippen LogP contribution < -0.4 is 20.8 Å². The molecule has 3 aliphatic rings. The smallest absolute Gasteiger partial charge is 0.341 e. The van der Waals surface area contributed by atoms with Gasteiger partial charge < -0.3 is 25.0 Å². The van der Waals surface area contributed by atoms with E-state index in [4.69, 9.17) is 34.3 Å². The fraction of sp³-hybridized carbons (Fsp3) is 0.382. The van der Waals surface area contributed by atoms with Gasteiger partial charge in [-0.25, -0.2) is 14.2 Å². The molecule has 50 heavy (non-hydrogen) atoms. The van der Waals surface area contributed by atoms with Crippen LogP contribution in [0.1, 0.15) is 65.3 Å². The zero-order valence-corrected chi connectivity index (χ0v) is 28.9. The van der Waals surface area contributed by atoms with Crippen LogP contribution in [0.5, 0.6) is 5.75 Å². The van der Waals surface area contributed by atoms with E-state index in [0.29, 0.717) is 55.2 Å². The van der Waals surface area contributed by atoms with E-state index in [1.54, 1.807) is 21.4 Å². The number of aromatic nitrogens is 4. The van der Waals surface area contributed by atoms with Crippen LogP contribution >= 0.6 is 23.8 Å². The number of carboxylic acid groups (broad SMARTS) is 1. The summed E-state index contributed by atoms with van der Waals surface area (Å²) in [6, 6.07) is 6.42. The van der Waals surface area contributed by atoms with Gasteiger partial charge in [0.25, 0.3) is 0 Å². The molecule has 2 aliphatic carbocycles. The molecule has 13 nitrogen and oxygen atoms in total. The molecule has 260 valence electrons. The molecule has 0 amide bonds. The maximum absolute atomic E-state index is 15.9. The Morgan fingerprint density at radius 1 is 1.22 bits per heavy atom. The molecule has 3 N–H and O–H groups in total. The van der Waals surface area contributed by atoms with Crippen molar-refractivity contribution in [3.8, 4) is 5.75 Å². The van der Waals surface area contributed by atoms with E-state index in [9.17, 15) is 19.5 Å². The van der Waals surface area contributed by atoms with Crippen LogP contribution in [0, 0.1) is 5.82 Å². The topological polar surface area (TPSA) is 161 Å². The molecule has 0 bridgehead atoms. The lowest BCUT2D eigenvalue weighted by atomic mass is 9.97. The number of ether oxygens (including phenoxy) is 1. The third-order valence-electron chi connectivity index (χ3n) is 9.67. The van der Waals surface area contributed by atoms with Crippen molar-refractivity contribution in [1.29, 1.82) is 0 Å². The van der Waals surface area contributed by atoms with Crippen LogP contribution in [0.2, 0.25) is 5.02 Å². The van der Waals surface area contributed by atoms with Gasteiger partial charge in [-0.05, 0) is 62.2 Å². The van der Waals surface area contributed by atoms with Crippen LogP contribution in [-0.2, 0) is 17.9 Å².